The van der Waals surface area contributed by atoms with E-state index in [9.17, 15) is 9.59 Å². The molecule has 0 spiro atoms. The number of fused-ring (bicyclic) bond motifs is 1. The van der Waals surface area contributed by atoms with E-state index in [0.717, 1.165) is 27.8 Å². The van der Waals surface area contributed by atoms with Crippen LogP contribution in [0.4, 0.5) is 5.82 Å². The first-order valence-corrected chi connectivity index (χ1v) is 10.3. The van der Waals surface area contributed by atoms with Gasteiger partial charge in [0.05, 0.1) is 12.5 Å². The monoisotopic (exact) mass is 439 g/mol. The summed E-state index contributed by atoms with van der Waals surface area (Å²) in [6.45, 7) is 2.01. The Morgan fingerprint density at radius 3 is 2.29 bits per heavy atom. The number of aliphatic carboxylic acids is 1. The number of carboxylic acid groups (broad SMARTS) is 1. The molecule has 1 amide bonds. The smallest absolute Gasteiger partial charge is 0.305 e. The maximum absolute atomic E-state index is 12.4. The first kappa shape index (κ1) is 21.0. The van der Waals surface area contributed by atoms with Crippen molar-refractivity contribution in [1.82, 2.24) is 15.1 Å². The topological polar surface area (TPSA) is 113 Å². The molecule has 0 aliphatic carbocycles. The number of rotatable bonds is 5. The number of carboxylic acids is 1. The number of benzene rings is 2. The molecule has 2 aromatic carbocycles. The second kappa shape index (κ2) is 8.87. The summed E-state index contributed by atoms with van der Waals surface area (Å²) >= 11 is 6.01. The molecular formula is C22H22ClN5O3. The third-order valence-corrected chi connectivity index (χ3v) is 5.64. The molecule has 1 atom stereocenters. The first-order valence-electron chi connectivity index (χ1n) is 9.96. The fraction of sp³-hybridized carbons (Fsp3) is 0.273. The van der Waals surface area contributed by atoms with E-state index in [1.54, 1.807) is 4.90 Å². The van der Waals surface area contributed by atoms with Gasteiger partial charge in [-0.2, -0.15) is 0 Å². The highest BCUT2D eigenvalue weighted by molar-refractivity contribution is 6.30. The molecule has 4 rings (SSSR count). The van der Waals surface area contributed by atoms with Crippen molar-refractivity contribution < 1.29 is 14.7 Å². The van der Waals surface area contributed by atoms with Gasteiger partial charge >= 0.3 is 5.97 Å². The Hall–Kier alpha value is -3.23. The summed E-state index contributed by atoms with van der Waals surface area (Å²) in [6.07, 6.45) is -0.374. The van der Waals surface area contributed by atoms with E-state index in [0.29, 0.717) is 31.2 Å². The van der Waals surface area contributed by atoms with E-state index in [2.05, 4.69) is 15.1 Å². The van der Waals surface area contributed by atoms with Crippen molar-refractivity contribution in [2.75, 3.05) is 31.1 Å². The Kier molecular flexibility index (Phi) is 6.01. The number of nitrogens with zero attached hydrogens (tertiary/aromatic N) is 4. The Labute approximate surface area is 184 Å². The number of carbonyl (C=O) groups is 2. The predicted octanol–water partition coefficient (Wildman–Crippen LogP) is 2.40. The van der Waals surface area contributed by atoms with Crippen LogP contribution >= 0.6 is 11.6 Å². The van der Waals surface area contributed by atoms with Crippen molar-refractivity contribution in [2.24, 2.45) is 5.73 Å². The van der Waals surface area contributed by atoms with Gasteiger partial charge in [-0.15, -0.1) is 10.2 Å². The van der Waals surface area contributed by atoms with Crippen molar-refractivity contribution >= 4 is 40.1 Å². The number of hydrogen-bond donors (Lipinski definition) is 2. The summed E-state index contributed by atoms with van der Waals surface area (Å²) < 4.78 is 0. The molecule has 8 nitrogen and oxygen atoms in total. The van der Waals surface area contributed by atoms with Crippen LogP contribution in [0.5, 0.6) is 0 Å². The molecule has 160 valence electrons. The second-order valence-electron chi connectivity index (χ2n) is 7.44. The third-order valence-electron chi connectivity index (χ3n) is 5.39. The maximum atomic E-state index is 12.4. The van der Waals surface area contributed by atoms with E-state index >= 15 is 0 Å². The molecule has 1 saturated heterocycles. The molecule has 0 bridgehead atoms. The number of nitrogens with two attached hydrogens (primary N) is 1. The highest BCUT2D eigenvalue weighted by Gasteiger charge is 2.28. The number of carbonyl (C=O) groups excluding carboxylic acids is 1. The quantitative estimate of drug-likeness (QED) is 0.627. The van der Waals surface area contributed by atoms with Crippen molar-refractivity contribution in [3.63, 3.8) is 0 Å². The Bertz CT molecular complexity index is 1110. The van der Waals surface area contributed by atoms with Gasteiger partial charge in [-0.3, -0.25) is 9.59 Å². The van der Waals surface area contributed by atoms with Crippen molar-refractivity contribution in [3.05, 3.63) is 53.6 Å². The van der Waals surface area contributed by atoms with Gasteiger partial charge in [0.2, 0.25) is 5.91 Å². The highest BCUT2D eigenvalue weighted by atomic mass is 35.5. The zero-order valence-corrected chi connectivity index (χ0v) is 17.5. The molecule has 9 heteroatoms. The molecule has 1 aliphatic heterocycles. The lowest BCUT2D eigenvalue weighted by molar-refractivity contribution is -0.142. The fourth-order valence-corrected chi connectivity index (χ4v) is 3.92. The van der Waals surface area contributed by atoms with Crippen LogP contribution in [0.25, 0.3) is 22.0 Å². The average Bonchev–Trinajstić information content (AvgIpc) is 2.78. The van der Waals surface area contributed by atoms with Crippen molar-refractivity contribution in [1.29, 1.82) is 0 Å². The normalized spacial score (nSPS) is 15.2. The zero-order chi connectivity index (χ0) is 22.0. The van der Waals surface area contributed by atoms with Crippen LogP contribution in [-0.2, 0) is 9.59 Å². The summed E-state index contributed by atoms with van der Waals surface area (Å²) in [7, 11) is 0. The first-order chi connectivity index (χ1) is 14.9. The van der Waals surface area contributed by atoms with E-state index in [4.69, 9.17) is 22.4 Å². The number of anilines is 1. The van der Waals surface area contributed by atoms with Crippen molar-refractivity contribution in [3.8, 4) is 11.3 Å². The second-order valence-corrected chi connectivity index (χ2v) is 7.88. The molecule has 0 saturated carbocycles. The van der Waals surface area contributed by atoms with Crippen LogP contribution in [0, 0.1) is 0 Å². The minimum absolute atomic E-state index is 0.337. The molecule has 0 radical (unpaired) electrons. The molecule has 1 fully saturated rings. The number of hydrogen-bond acceptors (Lipinski definition) is 6. The lowest BCUT2D eigenvalue weighted by atomic mass is 10.0. The summed E-state index contributed by atoms with van der Waals surface area (Å²) in [6, 6.07) is 14.4. The number of piperazine rings is 1. The zero-order valence-electron chi connectivity index (χ0n) is 16.7. The standard InChI is InChI=1S/C22H22ClN5O3/c23-15-7-5-14(6-8-15)20-16-3-1-2-4-17(16)21(26-25-20)27-9-11-28(12-10-27)22(31)18(24)13-19(29)30/h1-8,18H,9-13,24H2,(H,29,30). The lowest BCUT2D eigenvalue weighted by Crippen LogP contribution is -2.53. The van der Waals surface area contributed by atoms with Gasteiger partial charge in [0.15, 0.2) is 5.82 Å². The number of amides is 1. The Morgan fingerprint density at radius 1 is 1.00 bits per heavy atom. The van der Waals surface area contributed by atoms with E-state index in [1.807, 2.05) is 48.5 Å². The molecule has 1 aliphatic rings. The molecule has 2 heterocycles. The molecule has 3 N–H and O–H groups in total. The third kappa shape index (κ3) is 4.45. The lowest BCUT2D eigenvalue weighted by Gasteiger charge is -2.36. The van der Waals surface area contributed by atoms with Gasteiger partial charge in [0.1, 0.15) is 5.69 Å². The summed E-state index contributed by atoms with van der Waals surface area (Å²) in [5.41, 5.74) is 7.45. The number of halogens is 1. The maximum Gasteiger partial charge on any atom is 0.305 e. The molecular weight excluding hydrogens is 418 g/mol. The van der Waals surface area contributed by atoms with Crippen LogP contribution in [0.3, 0.4) is 0 Å². The average molecular weight is 440 g/mol. The minimum atomic E-state index is -1.08. The van der Waals surface area contributed by atoms with Crippen LogP contribution in [0.1, 0.15) is 6.42 Å². The van der Waals surface area contributed by atoms with Crippen LogP contribution in [0.2, 0.25) is 5.02 Å². The SMILES string of the molecule is NC(CC(=O)O)C(=O)N1CCN(c2nnc(-c3ccc(Cl)cc3)c3ccccc23)CC1. The van der Waals surface area contributed by atoms with Gasteiger partial charge in [-0.05, 0) is 12.1 Å². The van der Waals surface area contributed by atoms with Gasteiger partial charge in [-0.25, -0.2) is 0 Å². The number of aromatic nitrogens is 2. The van der Waals surface area contributed by atoms with E-state index in [1.165, 1.54) is 0 Å². The minimum Gasteiger partial charge on any atom is -0.481 e. The largest absolute Gasteiger partial charge is 0.481 e. The van der Waals surface area contributed by atoms with Gasteiger partial charge in [-0.1, -0.05) is 48.0 Å². The summed E-state index contributed by atoms with van der Waals surface area (Å²) in [5, 5.41) is 20.5. The van der Waals surface area contributed by atoms with Crippen LogP contribution < -0.4 is 10.6 Å². The molecule has 1 unspecified atom stereocenters. The fourth-order valence-electron chi connectivity index (χ4n) is 3.79. The summed E-state index contributed by atoms with van der Waals surface area (Å²) in [5.74, 6) is -0.659. The van der Waals surface area contributed by atoms with E-state index < -0.39 is 12.0 Å². The van der Waals surface area contributed by atoms with Crippen molar-refractivity contribution in [2.45, 2.75) is 12.5 Å². The van der Waals surface area contributed by atoms with Gasteiger partial charge in [0.25, 0.3) is 0 Å². The molecule has 31 heavy (non-hydrogen) atoms. The highest BCUT2D eigenvalue weighted by Crippen LogP contribution is 2.32. The molecule has 1 aromatic heterocycles. The summed E-state index contributed by atoms with van der Waals surface area (Å²) in [4.78, 5) is 26.9. The van der Waals surface area contributed by atoms with E-state index in [-0.39, 0.29) is 12.3 Å². The van der Waals surface area contributed by atoms with Gasteiger partial charge < -0.3 is 20.6 Å². The Morgan fingerprint density at radius 2 is 1.65 bits per heavy atom. The van der Waals surface area contributed by atoms with Crippen LogP contribution in [-0.4, -0.2) is 64.3 Å². The molecule has 3 aromatic rings. The Balaban J connectivity index is 1.56. The predicted molar refractivity (Wildman–Crippen MR) is 119 cm³/mol. The van der Waals surface area contributed by atoms with Crippen LogP contribution in [0.15, 0.2) is 48.5 Å². The van der Waals surface area contributed by atoms with Gasteiger partial charge in [0, 0.05) is 47.5 Å².